The van der Waals surface area contributed by atoms with Crippen molar-refractivity contribution in [1.82, 2.24) is 0 Å². The SMILES string of the molecule is O=C(Nc1ccccc1)O[C@@H]1CCC[C@H](OC(=O)Nc2ccccc2)C1. The number of hydrogen-bond acceptors (Lipinski definition) is 4. The fraction of sp³-hybridized carbons (Fsp3) is 0.300. The van der Waals surface area contributed by atoms with Gasteiger partial charge < -0.3 is 9.47 Å². The lowest BCUT2D eigenvalue weighted by atomic mass is 9.95. The second-order valence-electron chi connectivity index (χ2n) is 6.20. The molecule has 6 heteroatoms. The molecule has 1 fully saturated rings. The van der Waals surface area contributed by atoms with Crippen LogP contribution in [0.15, 0.2) is 60.7 Å². The number of amides is 2. The van der Waals surface area contributed by atoms with Gasteiger partial charge in [-0.05, 0) is 43.5 Å². The fourth-order valence-electron chi connectivity index (χ4n) is 2.96. The van der Waals surface area contributed by atoms with Crippen molar-refractivity contribution < 1.29 is 19.1 Å². The third kappa shape index (κ3) is 5.51. The van der Waals surface area contributed by atoms with Crippen molar-refractivity contribution in [3.63, 3.8) is 0 Å². The highest BCUT2D eigenvalue weighted by molar-refractivity contribution is 5.85. The molecule has 2 aromatic rings. The molecule has 2 aromatic carbocycles. The summed E-state index contributed by atoms with van der Waals surface area (Å²) in [5, 5.41) is 5.39. The second-order valence-corrected chi connectivity index (χ2v) is 6.20. The summed E-state index contributed by atoms with van der Waals surface area (Å²) in [5.41, 5.74) is 1.37. The van der Waals surface area contributed by atoms with Crippen molar-refractivity contribution in [3.05, 3.63) is 60.7 Å². The molecule has 0 bridgehead atoms. The molecule has 1 aliphatic rings. The van der Waals surface area contributed by atoms with Crippen LogP contribution in [0.25, 0.3) is 0 Å². The van der Waals surface area contributed by atoms with Crippen LogP contribution in [0.4, 0.5) is 21.0 Å². The average molecular weight is 354 g/mol. The van der Waals surface area contributed by atoms with Gasteiger partial charge in [-0.1, -0.05) is 36.4 Å². The fourth-order valence-corrected chi connectivity index (χ4v) is 2.96. The Bertz CT molecular complexity index is 660. The molecule has 2 amide bonds. The standard InChI is InChI=1S/C20H22N2O4/c23-19(21-15-8-3-1-4-9-15)25-17-12-7-13-18(14-17)26-20(24)22-16-10-5-2-6-11-16/h1-6,8-11,17-18H,7,12-14H2,(H,21,23)(H,22,24)/t17-,18+. The van der Waals surface area contributed by atoms with E-state index in [-0.39, 0.29) is 12.2 Å². The Morgan fingerprint density at radius 3 is 1.58 bits per heavy atom. The minimum atomic E-state index is -0.490. The molecular formula is C20H22N2O4. The number of carbonyl (C=O) groups is 2. The molecule has 0 aliphatic heterocycles. The normalized spacial score (nSPS) is 19.2. The van der Waals surface area contributed by atoms with Crippen LogP contribution in [0, 0.1) is 0 Å². The van der Waals surface area contributed by atoms with Crippen LogP contribution in [0.5, 0.6) is 0 Å². The predicted octanol–water partition coefficient (Wildman–Crippen LogP) is 4.80. The first-order chi connectivity index (χ1) is 12.7. The quantitative estimate of drug-likeness (QED) is 0.827. The Kier molecular flexibility index (Phi) is 6.09. The van der Waals surface area contributed by atoms with Gasteiger partial charge in [0, 0.05) is 17.8 Å². The van der Waals surface area contributed by atoms with Crippen LogP contribution >= 0.6 is 0 Å². The number of carbonyl (C=O) groups excluding carboxylic acids is 2. The monoisotopic (exact) mass is 354 g/mol. The van der Waals surface area contributed by atoms with Crippen molar-refractivity contribution in [3.8, 4) is 0 Å². The molecule has 26 heavy (non-hydrogen) atoms. The molecule has 0 radical (unpaired) electrons. The molecule has 0 unspecified atom stereocenters. The third-order valence-electron chi connectivity index (χ3n) is 4.17. The number of nitrogens with one attached hydrogen (secondary N) is 2. The van der Waals surface area contributed by atoms with Crippen molar-refractivity contribution in [2.75, 3.05) is 10.6 Å². The van der Waals surface area contributed by atoms with Crippen molar-refractivity contribution in [2.45, 2.75) is 37.9 Å². The smallest absolute Gasteiger partial charge is 0.411 e. The largest absolute Gasteiger partial charge is 0.446 e. The topological polar surface area (TPSA) is 76.7 Å². The summed E-state index contributed by atoms with van der Waals surface area (Å²) in [6, 6.07) is 18.3. The Morgan fingerprint density at radius 2 is 1.15 bits per heavy atom. The highest BCUT2D eigenvalue weighted by Crippen LogP contribution is 2.24. The van der Waals surface area contributed by atoms with Gasteiger partial charge in [-0.3, -0.25) is 10.6 Å². The summed E-state index contributed by atoms with van der Waals surface area (Å²) >= 11 is 0. The Labute approximate surface area is 152 Å². The predicted molar refractivity (Wildman–Crippen MR) is 99.1 cm³/mol. The molecule has 2 N–H and O–H groups in total. The van der Waals surface area contributed by atoms with Crippen LogP contribution in [-0.2, 0) is 9.47 Å². The molecule has 6 nitrogen and oxygen atoms in total. The van der Waals surface area contributed by atoms with Crippen molar-refractivity contribution >= 4 is 23.6 Å². The van der Waals surface area contributed by atoms with Gasteiger partial charge in [0.25, 0.3) is 0 Å². The zero-order valence-electron chi connectivity index (χ0n) is 14.4. The molecule has 1 saturated carbocycles. The first kappa shape index (κ1) is 17.8. The maximum absolute atomic E-state index is 12.0. The van der Waals surface area contributed by atoms with Crippen LogP contribution < -0.4 is 10.6 Å². The minimum absolute atomic E-state index is 0.262. The lowest BCUT2D eigenvalue weighted by Gasteiger charge is -2.28. The zero-order chi connectivity index (χ0) is 18.2. The zero-order valence-corrected chi connectivity index (χ0v) is 14.4. The third-order valence-corrected chi connectivity index (χ3v) is 4.17. The second kappa shape index (κ2) is 8.89. The summed E-state index contributed by atoms with van der Waals surface area (Å²) < 4.78 is 10.9. The molecule has 2 atom stereocenters. The van der Waals surface area contributed by atoms with E-state index in [1.165, 1.54) is 0 Å². The van der Waals surface area contributed by atoms with E-state index in [2.05, 4.69) is 10.6 Å². The van der Waals surface area contributed by atoms with Crippen molar-refractivity contribution in [1.29, 1.82) is 0 Å². The Balaban J connectivity index is 1.45. The van der Waals surface area contributed by atoms with Crippen molar-refractivity contribution in [2.24, 2.45) is 0 Å². The molecular weight excluding hydrogens is 332 g/mol. The first-order valence-electron chi connectivity index (χ1n) is 8.74. The molecule has 136 valence electrons. The summed E-state index contributed by atoms with van der Waals surface area (Å²) in [5.74, 6) is 0. The summed E-state index contributed by atoms with van der Waals surface area (Å²) in [6.07, 6.45) is 1.37. The molecule has 0 heterocycles. The Morgan fingerprint density at radius 1 is 0.731 bits per heavy atom. The summed E-state index contributed by atoms with van der Waals surface area (Å²) in [6.45, 7) is 0. The van der Waals surface area contributed by atoms with Gasteiger partial charge >= 0.3 is 12.2 Å². The number of rotatable bonds is 4. The van der Waals surface area contributed by atoms with E-state index < -0.39 is 12.2 Å². The van der Waals surface area contributed by atoms with Gasteiger partial charge in [0.2, 0.25) is 0 Å². The van der Waals surface area contributed by atoms with Gasteiger partial charge in [0.05, 0.1) is 0 Å². The molecule has 0 saturated heterocycles. The minimum Gasteiger partial charge on any atom is -0.446 e. The van der Waals surface area contributed by atoms with Gasteiger partial charge in [0.1, 0.15) is 12.2 Å². The number of para-hydroxylation sites is 2. The molecule has 0 spiro atoms. The Hall–Kier alpha value is -3.02. The van der Waals surface area contributed by atoms with E-state index in [9.17, 15) is 9.59 Å². The summed E-state index contributed by atoms with van der Waals surface area (Å²) in [7, 11) is 0. The lowest BCUT2D eigenvalue weighted by Crippen LogP contribution is -2.33. The van der Waals surface area contributed by atoms with Gasteiger partial charge in [0.15, 0.2) is 0 Å². The average Bonchev–Trinajstić information content (AvgIpc) is 2.63. The van der Waals surface area contributed by atoms with Crippen LogP contribution in [0.3, 0.4) is 0 Å². The number of hydrogen-bond donors (Lipinski definition) is 2. The maximum atomic E-state index is 12.0. The van der Waals surface area contributed by atoms with Gasteiger partial charge in [-0.2, -0.15) is 0 Å². The highest BCUT2D eigenvalue weighted by Gasteiger charge is 2.27. The van der Waals surface area contributed by atoms with E-state index in [4.69, 9.17) is 9.47 Å². The van der Waals surface area contributed by atoms with E-state index in [1.807, 2.05) is 36.4 Å². The molecule has 0 aromatic heterocycles. The van der Waals surface area contributed by atoms with Crippen LogP contribution in [0.2, 0.25) is 0 Å². The van der Waals surface area contributed by atoms with E-state index >= 15 is 0 Å². The van der Waals surface area contributed by atoms with E-state index in [1.54, 1.807) is 24.3 Å². The summed E-state index contributed by atoms with van der Waals surface area (Å²) in [4.78, 5) is 24.0. The van der Waals surface area contributed by atoms with Gasteiger partial charge in [-0.25, -0.2) is 9.59 Å². The van der Waals surface area contributed by atoms with E-state index in [0.29, 0.717) is 17.8 Å². The van der Waals surface area contributed by atoms with Crippen LogP contribution in [-0.4, -0.2) is 24.4 Å². The molecule has 3 rings (SSSR count). The maximum Gasteiger partial charge on any atom is 0.411 e. The number of anilines is 2. The number of ether oxygens (including phenoxy) is 2. The first-order valence-corrected chi connectivity index (χ1v) is 8.74. The van der Waals surface area contributed by atoms with Crippen LogP contribution in [0.1, 0.15) is 25.7 Å². The molecule has 1 aliphatic carbocycles. The lowest BCUT2D eigenvalue weighted by molar-refractivity contribution is 0.0198. The van der Waals surface area contributed by atoms with E-state index in [0.717, 1.165) is 19.3 Å². The van der Waals surface area contributed by atoms with Gasteiger partial charge in [-0.15, -0.1) is 0 Å². The number of benzene rings is 2. The highest BCUT2D eigenvalue weighted by atomic mass is 16.6.